The van der Waals surface area contributed by atoms with Crippen LogP contribution in [0.1, 0.15) is 26.0 Å². The summed E-state index contributed by atoms with van der Waals surface area (Å²) in [5.74, 6) is -0.741. The number of ether oxygens (including phenoxy) is 1. The summed E-state index contributed by atoms with van der Waals surface area (Å²) in [6.45, 7) is 3.92. The Kier molecular flexibility index (Phi) is 5.72. The molecule has 0 spiro atoms. The molecular weight excluding hydrogens is 375 g/mol. The maximum absolute atomic E-state index is 13.3. The van der Waals surface area contributed by atoms with Crippen LogP contribution < -0.4 is 5.56 Å². The van der Waals surface area contributed by atoms with Gasteiger partial charge in [0.2, 0.25) is 0 Å². The van der Waals surface area contributed by atoms with Crippen LogP contribution in [0.25, 0.3) is 5.69 Å². The number of benzene rings is 1. The Morgan fingerprint density at radius 1 is 1.46 bits per heavy atom. The molecule has 0 aliphatic carbocycles. The van der Waals surface area contributed by atoms with E-state index >= 15 is 0 Å². The highest BCUT2D eigenvalue weighted by Crippen LogP contribution is 2.36. The summed E-state index contributed by atoms with van der Waals surface area (Å²) < 4.78 is 19.6. The fourth-order valence-electron chi connectivity index (χ4n) is 2.75. The maximum Gasteiger partial charge on any atom is 0.319 e. The monoisotopic (exact) mass is 394 g/mol. The Bertz CT molecular complexity index is 883. The number of esters is 1. The predicted molar refractivity (Wildman–Crippen MR) is 101 cm³/mol. The molecule has 5 nitrogen and oxygen atoms in total. The SMILES string of the molecule is CC[C@@H](Sc1nc2c(c(=O)n1-c1ccc(F)cc1)S[C@H](C)C2)C(=O)OC. The molecule has 2 atom stereocenters. The third-order valence-corrected chi connectivity index (χ3v) is 6.56. The van der Waals surface area contributed by atoms with Gasteiger partial charge in [-0.3, -0.25) is 14.2 Å². The first kappa shape index (κ1) is 19.0. The topological polar surface area (TPSA) is 61.2 Å². The normalized spacial score (nSPS) is 17.0. The number of nitrogens with zero attached hydrogens (tertiary/aromatic N) is 2. The van der Waals surface area contributed by atoms with Gasteiger partial charge < -0.3 is 4.74 Å². The van der Waals surface area contributed by atoms with E-state index in [0.29, 0.717) is 28.6 Å². The standard InChI is InChI=1S/C18H19FN2O3S2/c1-4-14(17(23)24-3)26-18-20-13-9-10(2)25-15(13)16(22)21(18)12-7-5-11(19)6-8-12/h5-8,10,14H,4,9H2,1-3H3/t10-,14-/m1/s1. The first-order chi connectivity index (χ1) is 12.4. The van der Waals surface area contributed by atoms with Gasteiger partial charge in [0.05, 0.1) is 23.4 Å². The van der Waals surface area contributed by atoms with Crippen LogP contribution in [0.15, 0.2) is 39.1 Å². The highest BCUT2D eigenvalue weighted by molar-refractivity contribution is 8.00. The van der Waals surface area contributed by atoms with Crippen LogP contribution in [0.3, 0.4) is 0 Å². The molecule has 1 aromatic heterocycles. The number of hydrogen-bond acceptors (Lipinski definition) is 6. The number of thioether (sulfide) groups is 2. The molecule has 138 valence electrons. The van der Waals surface area contributed by atoms with Gasteiger partial charge in [-0.1, -0.05) is 25.6 Å². The molecule has 2 aromatic rings. The number of carbonyl (C=O) groups excluding carboxylic acids is 1. The van der Waals surface area contributed by atoms with Crippen LogP contribution in [0, 0.1) is 5.82 Å². The van der Waals surface area contributed by atoms with E-state index in [9.17, 15) is 14.0 Å². The molecule has 0 saturated carbocycles. The Morgan fingerprint density at radius 2 is 2.15 bits per heavy atom. The lowest BCUT2D eigenvalue weighted by atomic mass is 10.2. The summed E-state index contributed by atoms with van der Waals surface area (Å²) in [6, 6.07) is 5.68. The number of rotatable bonds is 5. The van der Waals surface area contributed by atoms with E-state index in [2.05, 4.69) is 4.98 Å². The van der Waals surface area contributed by atoms with Crippen molar-refractivity contribution in [2.75, 3.05) is 7.11 Å². The Morgan fingerprint density at radius 3 is 2.77 bits per heavy atom. The van der Waals surface area contributed by atoms with Crippen LogP contribution in [0.2, 0.25) is 0 Å². The molecular formula is C18H19FN2O3S2. The van der Waals surface area contributed by atoms with Crippen LogP contribution in [-0.2, 0) is 16.0 Å². The van der Waals surface area contributed by atoms with Crippen molar-refractivity contribution in [3.05, 3.63) is 46.1 Å². The summed E-state index contributed by atoms with van der Waals surface area (Å²) in [7, 11) is 1.34. The second-order valence-electron chi connectivity index (χ2n) is 5.96. The van der Waals surface area contributed by atoms with E-state index < -0.39 is 5.25 Å². The molecule has 0 amide bonds. The van der Waals surface area contributed by atoms with Gasteiger partial charge in [0.15, 0.2) is 5.16 Å². The van der Waals surface area contributed by atoms with Crippen molar-refractivity contribution in [1.82, 2.24) is 9.55 Å². The number of hydrogen-bond donors (Lipinski definition) is 0. The first-order valence-electron chi connectivity index (χ1n) is 8.27. The second-order valence-corrected chi connectivity index (χ2v) is 8.58. The predicted octanol–water partition coefficient (Wildman–Crippen LogP) is 3.45. The molecule has 0 saturated heterocycles. The number of halogens is 1. The van der Waals surface area contributed by atoms with Crippen LogP contribution >= 0.6 is 23.5 Å². The molecule has 8 heteroatoms. The van der Waals surface area contributed by atoms with E-state index in [-0.39, 0.29) is 22.6 Å². The van der Waals surface area contributed by atoms with E-state index in [0.717, 1.165) is 5.69 Å². The third kappa shape index (κ3) is 3.66. The van der Waals surface area contributed by atoms with Gasteiger partial charge in [-0.25, -0.2) is 9.37 Å². The summed E-state index contributed by atoms with van der Waals surface area (Å²) in [5, 5.41) is 0.227. The van der Waals surface area contributed by atoms with Crippen LogP contribution in [0.5, 0.6) is 0 Å². The van der Waals surface area contributed by atoms with Crippen molar-refractivity contribution in [3.63, 3.8) is 0 Å². The lowest BCUT2D eigenvalue weighted by molar-refractivity contribution is -0.140. The lowest BCUT2D eigenvalue weighted by Crippen LogP contribution is -2.26. The second kappa shape index (κ2) is 7.84. The number of methoxy groups -OCH3 is 1. The van der Waals surface area contributed by atoms with Gasteiger partial charge in [-0.2, -0.15) is 0 Å². The molecule has 0 bridgehead atoms. The van der Waals surface area contributed by atoms with Crippen molar-refractivity contribution in [3.8, 4) is 5.69 Å². The van der Waals surface area contributed by atoms with E-state index in [1.54, 1.807) is 0 Å². The molecule has 0 unspecified atom stereocenters. The zero-order valence-corrected chi connectivity index (χ0v) is 16.3. The highest BCUT2D eigenvalue weighted by atomic mass is 32.2. The van der Waals surface area contributed by atoms with E-state index in [1.165, 1.54) is 59.5 Å². The third-order valence-electron chi connectivity index (χ3n) is 4.05. The minimum atomic E-state index is -0.469. The van der Waals surface area contributed by atoms with Crippen molar-refractivity contribution in [2.45, 2.75) is 47.2 Å². The maximum atomic E-state index is 13.3. The molecule has 0 fully saturated rings. The fraction of sp³-hybridized carbons (Fsp3) is 0.389. The van der Waals surface area contributed by atoms with E-state index in [4.69, 9.17) is 4.74 Å². The largest absolute Gasteiger partial charge is 0.468 e. The van der Waals surface area contributed by atoms with Gasteiger partial charge >= 0.3 is 5.97 Å². The molecule has 26 heavy (non-hydrogen) atoms. The zero-order chi connectivity index (χ0) is 18.8. The van der Waals surface area contributed by atoms with Gasteiger partial charge in [0.1, 0.15) is 11.1 Å². The summed E-state index contributed by atoms with van der Waals surface area (Å²) in [4.78, 5) is 30.4. The van der Waals surface area contributed by atoms with Crippen molar-refractivity contribution in [2.24, 2.45) is 0 Å². The van der Waals surface area contributed by atoms with Gasteiger partial charge in [0.25, 0.3) is 5.56 Å². The summed E-state index contributed by atoms with van der Waals surface area (Å²) >= 11 is 2.71. The molecule has 0 radical (unpaired) electrons. The van der Waals surface area contributed by atoms with Gasteiger partial charge in [-0.15, -0.1) is 11.8 Å². The highest BCUT2D eigenvalue weighted by Gasteiger charge is 2.29. The summed E-state index contributed by atoms with van der Waals surface area (Å²) in [5.41, 5.74) is 1.10. The number of carbonyl (C=O) groups is 1. The smallest absolute Gasteiger partial charge is 0.319 e. The van der Waals surface area contributed by atoms with Gasteiger partial charge in [-0.05, 0) is 30.7 Å². The van der Waals surface area contributed by atoms with E-state index in [1.807, 2.05) is 13.8 Å². The van der Waals surface area contributed by atoms with Crippen molar-refractivity contribution in [1.29, 1.82) is 0 Å². The quantitative estimate of drug-likeness (QED) is 0.440. The molecule has 0 N–H and O–H groups in total. The van der Waals surface area contributed by atoms with Crippen LogP contribution in [-0.4, -0.2) is 33.1 Å². The Hall–Kier alpha value is -1.80. The average Bonchev–Trinajstić information content (AvgIpc) is 3.01. The number of aromatic nitrogens is 2. The van der Waals surface area contributed by atoms with Crippen LogP contribution in [0.4, 0.5) is 4.39 Å². The molecule has 2 heterocycles. The molecule has 1 aliphatic rings. The minimum absolute atomic E-state index is 0.182. The Balaban J connectivity index is 2.14. The first-order valence-corrected chi connectivity index (χ1v) is 10.0. The summed E-state index contributed by atoms with van der Waals surface area (Å²) in [6.07, 6.45) is 1.25. The van der Waals surface area contributed by atoms with Crippen molar-refractivity contribution >= 4 is 29.5 Å². The van der Waals surface area contributed by atoms with Crippen molar-refractivity contribution < 1.29 is 13.9 Å². The number of fused-ring (bicyclic) bond motifs is 1. The molecule has 3 rings (SSSR count). The molecule has 1 aliphatic heterocycles. The Labute approximate surface area is 159 Å². The lowest BCUT2D eigenvalue weighted by Gasteiger charge is -2.17. The fourth-order valence-corrected chi connectivity index (χ4v) is 4.92. The molecule has 1 aromatic carbocycles. The zero-order valence-electron chi connectivity index (χ0n) is 14.7. The minimum Gasteiger partial charge on any atom is -0.468 e. The average molecular weight is 394 g/mol. The van der Waals surface area contributed by atoms with Gasteiger partial charge in [0, 0.05) is 11.7 Å².